The SMILES string of the molecule is C[C@H](CO)[C@@H](N)C(=O)O. The van der Waals surface area contributed by atoms with Gasteiger partial charge in [-0.15, -0.1) is 0 Å². The van der Waals surface area contributed by atoms with Crippen molar-refractivity contribution in [1.29, 1.82) is 0 Å². The number of hydrogen-bond acceptors (Lipinski definition) is 3. The van der Waals surface area contributed by atoms with E-state index in [4.69, 9.17) is 15.9 Å². The molecule has 4 nitrogen and oxygen atoms in total. The number of aliphatic hydroxyl groups is 1. The maximum absolute atomic E-state index is 10.1. The second-order valence-electron chi connectivity index (χ2n) is 2.02. The Morgan fingerprint density at radius 3 is 2.33 bits per heavy atom. The third kappa shape index (κ3) is 2.43. The highest BCUT2D eigenvalue weighted by Crippen LogP contribution is 1.97. The molecule has 0 aliphatic carbocycles. The van der Waals surface area contributed by atoms with Gasteiger partial charge < -0.3 is 15.9 Å². The van der Waals surface area contributed by atoms with Gasteiger partial charge in [-0.1, -0.05) is 6.92 Å². The molecule has 0 spiro atoms. The van der Waals surface area contributed by atoms with Crippen LogP contribution in [-0.2, 0) is 4.79 Å². The van der Waals surface area contributed by atoms with Crippen molar-refractivity contribution in [2.75, 3.05) is 6.61 Å². The molecule has 4 heteroatoms. The van der Waals surface area contributed by atoms with E-state index in [0.717, 1.165) is 0 Å². The van der Waals surface area contributed by atoms with Gasteiger partial charge in [-0.3, -0.25) is 4.79 Å². The molecule has 0 bridgehead atoms. The van der Waals surface area contributed by atoms with Gasteiger partial charge in [0, 0.05) is 12.5 Å². The molecule has 0 amide bonds. The molecule has 0 radical (unpaired) electrons. The highest BCUT2D eigenvalue weighted by atomic mass is 16.4. The molecule has 0 saturated heterocycles. The number of aliphatic hydroxyl groups excluding tert-OH is 1. The Labute approximate surface area is 53.3 Å². The van der Waals surface area contributed by atoms with Crippen molar-refractivity contribution in [1.82, 2.24) is 0 Å². The molecule has 0 aromatic heterocycles. The Bertz CT molecular complexity index is 104. The zero-order chi connectivity index (χ0) is 7.44. The lowest BCUT2D eigenvalue weighted by Gasteiger charge is -2.11. The predicted octanol–water partition coefficient (Wildman–Crippen LogP) is -0.973. The Kier molecular flexibility index (Phi) is 3.19. The molecule has 0 aromatic carbocycles. The van der Waals surface area contributed by atoms with Crippen molar-refractivity contribution < 1.29 is 15.0 Å². The van der Waals surface area contributed by atoms with Crippen molar-refractivity contribution in [3.05, 3.63) is 0 Å². The standard InChI is InChI=1S/C5H11NO3/c1-3(2-7)4(6)5(8)9/h3-4,7H,2,6H2,1H3,(H,8,9)/t3-,4-/m1/s1. The maximum Gasteiger partial charge on any atom is 0.320 e. The summed E-state index contributed by atoms with van der Waals surface area (Å²) in [6, 6.07) is -0.949. The molecule has 0 rings (SSSR count). The lowest BCUT2D eigenvalue weighted by Crippen LogP contribution is -2.38. The molecule has 0 aromatic rings. The van der Waals surface area contributed by atoms with Gasteiger partial charge >= 0.3 is 5.97 Å². The molecule has 0 fully saturated rings. The minimum Gasteiger partial charge on any atom is -0.480 e. The number of aliphatic carboxylic acids is 1. The van der Waals surface area contributed by atoms with Crippen molar-refractivity contribution in [2.45, 2.75) is 13.0 Å². The molecule has 0 heterocycles. The molecule has 9 heavy (non-hydrogen) atoms. The fraction of sp³-hybridized carbons (Fsp3) is 0.800. The van der Waals surface area contributed by atoms with E-state index in [9.17, 15) is 4.79 Å². The summed E-state index contributed by atoms with van der Waals surface area (Å²) in [5.41, 5.74) is 5.11. The molecule has 54 valence electrons. The first kappa shape index (κ1) is 8.39. The predicted molar refractivity (Wildman–Crippen MR) is 31.9 cm³/mol. The number of rotatable bonds is 3. The topological polar surface area (TPSA) is 83.5 Å². The van der Waals surface area contributed by atoms with Crippen LogP contribution in [0, 0.1) is 5.92 Å². The van der Waals surface area contributed by atoms with Gasteiger partial charge in [0.2, 0.25) is 0 Å². The van der Waals surface area contributed by atoms with E-state index in [1.165, 1.54) is 0 Å². The van der Waals surface area contributed by atoms with Crippen LogP contribution in [0.3, 0.4) is 0 Å². The summed E-state index contributed by atoms with van der Waals surface area (Å²) in [5, 5.41) is 16.7. The van der Waals surface area contributed by atoms with Crippen molar-refractivity contribution in [3.8, 4) is 0 Å². The highest BCUT2D eigenvalue weighted by Gasteiger charge is 2.18. The lowest BCUT2D eigenvalue weighted by molar-refractivity contribution is -0.140. The summed E-state index contributed by atoms with van der Waals surface area (Å²) in [6.07, 6.45) is 0. The van der Waals surface area contributed by atoms with Gasteiger partial charge in [0.05, 0.1) is 0 Å². The monoisotopic (exact) mass is 133 g/mol. The molecular formula is C5H11NO3. The summed E-state index contributed by atoms with van der Waals surface area (Å²) >= 11 is 0. The number of hydrogen-bond donors (Lipinski definition) is 3. The first-order valence-corrected chi connectivity index (χ1v) is 2.68. The highest BCUT2D eigenvalue weighted by molar-refractivity contribution is 5.73. The van der Waals surface area contributed by atoms with E-state index in [1.54, 1.807) is 6.92 Å². The molecule has 4 N–H and O–H groups in total. The molecule has 0 saturated carbocycles. The Morgan fingerprint density at radius 1 is 1.78 bits per heavy atom. The number of carboxylic acid groups (broad SMARTS) is 1. The van der Waals surface area contributed by atoms with Crippen LogP contribution in [0.15, 0.2) is 0 Å². The molecule has 0 aliphatic heterocycles. The fourth-order valence-corrected chi connectivity index (χ4v) is 0.357. The lowest BCUT2D eigenvalue weighted by atomic mass is 10.1. The molecular weight excluding hydrogens is 122 g/mol. The summed E-state index contributed by atoms with van der Waals surface area (Å²) in [7, 11) is 0. The molecule has 0 unspecified atom stereocenters. The third-order valence-electron chi connectivity index (χ3n) is 1.19. The van der Waals surface area contributed by atoms with Crippen molar-refractivity contribution in [2.24, 2.45) is 11.7 Å². The summed E-state index contributed by atoms with van der Waals surface area (Å²) in [6.45, 7) is 1.40. The smallest absolute Gasteiger partial charge is 0.320 e. The van der Waals surface area contributed by atoms with Gasteiger partial charge in [-0.2, -0.15) is 0 Å². The van der Waals surface area contributed by atoms with Crippen LogP contribution in [0.25, 0.3) is 0 Å². The average Bonchev–Trinajstić information content (AvgIpc) is 1.84. The van der Waals surface area contributed by atoms with Crippen LogP contribution in [0.5, 0.6) is 0 Å². The minimum absolute atomic E-state index is 0.187. The van der Waals surface area contributed by atoms with Crippen LogP contribution in [-0.4, -0.2) is 28.8 Å². The Balaban J connectivity index is 3.72. The van der Waals surface area contributed by atoms with Crippen molar-refractivity contribution >= 4 is 5.97 Å². The molecule has 0 aliphatic rings. The van der Waals surface area contributed by atoms with Gasteiger partial charge in [0.15, 0.2) is 0 Å². The largest absolute Gasteiger partial charge is 0.480 e. The van der Waals surface area contributed by atoms with Gasteiger partial charge in [-0.05, 0) is 0 Å². The summed E-state index contributed by atoms with van der Waals surface area (Å²) < 4.78 is 0. The first-order chi connectivity index (χ1) is 4.09. The average molecular weight is 133 g/mol. The number of carboxylic acids is 1. The summed E-state index contributed by atoms with van der Waals surface area (Å²) in [5.74, 6) is -1.45. The van der Waals surface area contributed by atoms with Crippen LogP contribution in [0.1, 0.15) is 6.92 Å². The summed E-state index contributed by atoms with van der Waals surface area (Å²) in [4.78, 5) is 10.1. The van der Waals surface area contributed by atoms with E-state index < -0.39 is 12.0 Å². The van der Waals surface area contributed by atoms with Gasteiger partial charge in [0.25, 0.3) is 0 Å². The third-order valence-corrected chi connectivity index (χ3v) is 1.19. The minimum atomic E-state index is -1.07. The van der Waals surface area contributed by atoms with Crippen molar-refractivity contribution in [3.63, 3.8) is 0 Å². The molecule has 2 atom stereocenters. The van der Waals surface area contributed by atoms with E-state index in [-0.39, 0.29) is 12.5 Å². The van der Waals surface area contributed by atoms with Gasteiger partial charge in [0.1, 0.15) is 6.04 Å². The fourth-order valence-electron chi connectivity index (χ4n) is 0.357. The quantitative estimate of drug-likeness (QED) is 0.462. The second kappa shape index (κ2) is 3.42. The van der Waals surface area contributed by atoms with Crippen LogP contribution in [0.4, 0.5) is 0 Å². The Hall–Kier alpha value is -0.610. The maximum atomic E-state index is 10.1. The van der Waals surface area contributed by atoms with E-state index in [2.05, 4.69) is 0 Å². The Morgan fingerprint density at radius 2 is 2.22 bits per heavy atom. The number of nitrogens with two attached hydrogens (primary N) is 1. The van der Waals surface area contributed by atoms with E-state index in [0.29, 0.717) is 0 Å². The van der Waals surface area contributed by atoms with Crippen LogP contribution in [0.2, 0.25) is 0 Å². The number of carbonyl (C=O) groups is 1. The van der Waals surface area contributed by atoms with E-state index in [1.807, 2.05) is 0 Å². The first-order valence-electron chi connectivity index (χ1n) is 2.68. The van der Waals surface area contributed by atoms with E-state index >= 15 is 0 Å². The zero-order valence-corrected chi connectivity index (χ0v) is 5.24. The van der Waals surface area contributed by atoms with Gasteiger partial charge in [-0.25, -0.2) is 0 Å². The normalized spacial score (nSPS) is 16.8. The second-order valence-corrected chi connectivity index (χ2v) is 2.02. The van der Waals surface area contributed by atoms with Crippen LogP contribution < -0.4 is 5.73 Å². The zero-order valence-electron chi connectivity index (χ0n) is 5.24. The van der Waals surface area contributed by atoms with Crippen LogP contribution >= 0.6 is 0 Å².